The summed E-state index contributed by atoms with van der Waals surface area (Å²) in [7, 11) is 0. The van der Waals surface area contributed by atoms with Crippen molar-refractivity contribution in [3.63, 3.8) is 0 Å². The molecule has 0 spiro atoms. The Hall–Kier alpha value is -2.57. The number of aryl methyl sites for hydroxylation is 1. The van der Waals surface area contributed by atoms with E-state index in [2.05, 4.69) is 20.9 Å². The van der Waals surface area contributed by atoms with Crippen molar-refractivity contribution >= 4 is 23.0 Å². The molecule has 0 bridgehead atoms. The lowest BCUT2D eigenvalue weighted by Crippen LogP contribution is -2.47. The standard InChI is InChI=1S/C21H31N5O2/c1-3-24(4-2)20(27)17-10-14-25(15-11-17)21(28)22-12-7-13-26-16-23-18-8-5-6-9-19(18)26/h5-6,8-9,16-17H,3-4,7,10-15H2,1-2H3,(H,22,28). The quantitative estimate of drug-likeness (QED) is 0.745. The molecular weight excluding hydrogens is 354 g/mol. The van der Waals surface area contributed by atoms with E-state index in [0.717, 1.165) is 49.9 Å². The van der Waals surface area contributed by atoms with Gasteiger partial charge >= 0.3 is 6.03 Å². The van der Waals surface area contributed by atoms with E-state index in [1.54, 1.807) is 0 Å². The second-order valence-electron chi connectivity index (χ2n) is 7.28. The maximum absolute atomic E-state index is 12.5. The highest BCUT2D eigenvalue weighted by molar-refractivity contribution is 5.80. The summed E-state index contributed by atoms with van der Waals surface area (Å²) < 4.78 is 2.12. The maximum atomic E-state index is 12.5. The molecule has 7 nitrogen and oxygen atoms in total. The van der Waals surface area contributed by atoms with Gasteiger partial charge in [0, 0.05) is 45.2 Å². The number of rotatable bonds is 7. The lowest BCUT2D eigenvalue weighted by atomic mass is 9.95. The van der Waals surface area contributed by atoms with Crippen LogP contribution < -0.4 is 5.32 Å². The van der Waals surface area contributed by atoms with E-state index in [1.807, 2.05) is 48.2 Å². The number of carbonyl (C=O) groups excluding carboxylic acids is 2. The van der Waals surface area contributed by atoms with Crippen LogP contribution in [0, 0.1) is 5.92 Å². The highest BCUT2D eigenvalue weighted by Gasteiger charge is 2.29. The minimum absolute atomic E-state index is 0.0239. The zero-order valence-corrected chi connectivity index (χ0v) is 16.9. The Morgan fingerprint density at radius 2 is 1.89 bits per heavy atom. The summed E-state index contributed by atoms with van der Waals surface area (Å²) in [5.74, 6) is 0.288. The van der Waals surface area contributed by atoms with Gasteiger partial charge in [0.25, 0.3) is 0 Å². The topological polar surface area (TPSA) is 70.5 Å². The molecule has 152 valence electrons. The molecule has 28 heavy (non-hydrogen) atoms. The van der Waals surface area contributed by atoms with Gasteiger partial charge in [0.1, 0.15) is 0 Å². The molecule has 2 heterocycles. The van der Waals surface area contributed by atoms with E-state index in [9.17, 15) is 9.59 Å². The summed E-state index contributed by atoms with van der Waals surface area (Å²) in [4.78, 5) is 33.0. The third-order valence-corrected chi connectivity index (χ3v) is 5.59. The van der Waals surface area contributed by atoms with Crippen LogP contribution in [-0.4, -0.2) is 64.0 Å². The lowest BCUT2D eigenvalue weighted by Gasteiger charge is -2.33. The molecule has 0 unspecified atom stereocenters. The zero-order valence-electron chi connectivity index (χ0n) is 16.9. The molecule has 0 aliphatic carbocycles. The van der Waals surface area contributed by atoms with Crippen molar-refractivity contribution < 1.29 is 9.59 Å². The molecule has 2 aromatic rings. The second kappa shape index (κ2) is 9.57. The minimum atomic E-state index is -0.0239. The molecule has 1 aliphatic rings. The lowest BCUT2D eigenvalue weighted by molar-refractivity contribution is -0.136. The van der Waals surface area contributed by atoms with E-state index in [1.165, 1.54) is 0 Å². The molecule has 0 saturated carbocycles. The predicted octanol–water partition coefficient (Wildman–Crippen LogP) is 2.72. The van der Waals surface area contributed by atoms with Crippen molar-refractivity contribution in [1.82, 2.24) is 24.7 Å². The fourth-order valence-electron chi connectivity index (χ4n) is 3.87. The SMILES string of the molecule is CCN(CC)C(=O)C1CCN(C(=O)NCCCn2cnc3ccccc32)CC1. The third-order valence-electron chi connectivity index (χ3n) is 5.59. The Labute approximate surface area is 166 Å². The fraction of sp³-hybridized carbons (Fsp3) is 0.571. The van der Waals surface area contributed by atoms with Crippen LogP contribution in [0.15, 0.2) is 30.6 Å². The van der Waals surface area contributed by atoms with Gasteiger partial charge in [-0.15, -0.1) is 0 Å². The molecule has 0 atom stereocenters. The molecule has 0 radical (unpaired) electrons. The van der Waals surface area contributed by atoms with Gasteiger partial charge in [0.05, 0.1) is 17.4 Å². The van der Waals surface area contributed by atoms with Crippen molar-refractivity contribution in [2.75, 3.05) is 32.7 Å². The summed E-state index contributed by atoms with van der Waals surface area (Å²) in [5.41, 5.74) is 2.11. The summed E-state index contributed by atoms with van der Waals surface area (Å²) in [6.45, 7) is 8.27. The minimum Gasteiger partial charge on any atom is -0.343 e. The number of nitrogens with zero attached hydrogens (tertiary/aromatic N) is 4. The molecule has 1 aromatic carbocycles. The van der Waals surface area contributed by atoms with Gasteiger partial charge in [-0.1, -0.05) is 12.1 Å². The number of hydrogen-bond donors (Lipinski definition) is 1. The van der Waals surface area contributed by atoms with Crippen LogP contribution in [0.4, 0.5) is 4.79 Å². The second-order valence-corrected chi connectivity index (χ2v) is 7.28. The van der Waals surface area contributed by atoms with Crippen LogP contribution in [0.3, 0.4) is 0 Å². The van der Waals surface area contributed by atoms with Gasteiger partial charge in [-0.25, -0.2) is 9.78 Å². The summed E-state index contributed by atoms with van der Waals surface area (Å²) in [5, 5.41) is 3.01. The number of amides is 3. The fourth-order valence-corrected chi connectivity index (χ4v) is 3.87. The van der Waals surface area contributed by atoms with Gasteiger partial charge in [-0.2, -0.15) is 0 Å². The Morgan fingerprint density at radius 3 is 2.61 bits per heavy atom. The van der Waals surface area contributed by atoms with Crippen molar-refractivity contribution in [1.29, 1.82) is 0 Å². The number of nitrogens with one attached hydrogen (secondary N) is 1. The van der Waals surface area contributed by atoms with Crippen LogP contribution >= 0.6 is 0 Å². The van der Waals surface area contributed by atoms with Crippen LogP contribution in [0.5, 0.6) is 0 Å². The van der Waals surface area contributed by atoms with Crippen molar-refractivity contribution in [3.05, 3.63) is 30.6 Å². The molecule has 1 aromatic heterocycles. The molecule has 1 saturated heterocycles. The first kappa shape index (κ1) is 20.2. The maximum Gasteiger partial charge on any atom is 0.317 e. The summed E-state index contributed by atoms with van der Waals surface area (Å²) in [6, 6.07) is 8.03. The first-order valence-corrected chi connectivity index (χ1v) is 10.4. The summed E-state index contributed by atoms with van der Waals surface area (Å²) >= 11 is 0. The van der Waals surface area contributed by atoms with E-state index in [-0.39, 0.29) is 17.9 Å². The highest BCUT2D eigenvalue weighted by Crippen LogP contribution is 2.19. The monoisotopic (exact) mass is 385 g/mol. The Kier molecular flexibility index (Phi) is 6.90. The van der Waals surface area contributed by atoms with Gasteiger partial charge in [-0.3, -0.25) is 4.79 Å². The third kappa shape index (κ3) is 4.64. The number of fused-ring (bicyclic) bond motifs is 1. The Morgan fingerprint density at radius 1 is 1.18 bits per heavy atom. The highest BCUT2D eigenvalue weighted by atomic mass is 16.2. The first-order valence-electron chi connectivity index (χ1n) is 10.4. The van der Waals surface area contributed by atoms with Crippen LogP contribution in [0.1, 0.15) is 33.1 Å². The largest absolute Gasteiger partial charge is 0.343 e. The summed E-state index contributed by atoms with van der Waals surface area (Å²) in [6.07, 6.45) is 4.21. The number of carbonyl (C=O) groups is 2. The predicted molar refractivity (Wildman–Crippen MR) is 110 cm³/mol. The molecule has 1 fully saturated rings. The van der Waals surface area contributed by atoms with Gasteiger partial charge in [-0.05, 0) is 45.2 Å². The van der Waals surface area contributed by atoms with Gasteiger partial charge < -0.3 is 19.7 Å². The molecule has 3 amide bonds. The van der Waals surface area contributed by atoms with Crippen molar-refractivity contribution in [3.8, 4) is 0 Å². The Bertz CT molecular complexity index is 791. The van der Waals surface area contributed by atoms with Gasteiger partial charge in [0.15, 0.2) is 0 Å². The van der Waals surface area contributed by atoms with Gasteiger partial charge in [0.2, 0.25) is 5.91 Å². The van der Waals surface area contributed by atoms with E-state index in [4.69, 9.17) is 0 Å². The van der Waals surface area contributed by atoms with Crippen LogP contribution in [0.25, 0.3) is 11.0 Å². The number of likely N-dealkylation sites (tertiary alicyclic amines) is 1. The average Bonchev–Trinajstić information content (AvgIpc) is 3.15. The van der Waals surface area contributed by atoms with Crippen molar-refractivity contribution in [2.24, 2.45) is 5.92 Å². The molecule has 1 aliphatic heterocycles. The van der Waals surface area contributed by atoms with Crippen molar-refractivity contribution in [2.45, 2.75) is 39.7 Å². The average molecular weight is 386 g/mol. The normalized spacial score (nSPS) is 15.0. The molecular formula is C21H31N5O2. The number of imidazole rings is 1. The van der Waals surface area contributed by atoms with E-state index in [0.29, 0.717) is 19.6 Å². The zero-order chi connectivity index (χ0) is 19.9. The molecule has 1 N–H and O–H groups in total. The number of hydrogen-bond acceptors (Lipinski definition) is 3. The Balaban J connectivity index is 1.38. The number of piperidine rings is 1. The molecule has 3 rings (SSSR count). The number of urea groups is 1. The van der Waals surface area contributed by atoms with E-state index >= 15 is 0 Å². The first-order chi connectivity index (χ1) is 13.6. The molecule has 7 heteroatoms. The van der Waals surface area contributed by atoms with Crippen LogP contribution in [0.2, 0.25) is 0 Å². The number of aromatic nitrogens is 2. The van der Waals surface area contributed by atoms with E-state index < -0.39 is 0 Å². The smallest absolute Gasteiger partial charge is 0.317 e. The van der Waals surface area contributed by atoms with Crippen LogP contribution in [-0.2, 0) is 11.3 Å². The number of para-hydroxylation sites is 2. The number of benzene rings is 1.